The molecule has 5 heteroatoms. The van der Waals surface area contributed by atoms with Crippen LogP contribution in [0.5, 0.6) is 0 Å². The maximum Gasteiger partial charge on any atom is 0.322 e. The number of nitrogens with one attached hydrogen (secondary N) is 1. The Labute approximate surface area is 184 Å². The molecule has 2 aromatic carbocycles. The molecule has 1 aromatic heterocycles. The highest BCUT2D eigenvalue weighted by atomic mass is 35.5. The summed E-state index contributed by atoms with van der Waals surface area (Å²) in [4.78, 5) is 15.1. The Morgan fingerprint density at radius 2 is 1.83 bits per heavy atom. The molecule has 158 valence electrons. The highest BCUT2D eigenvalue weighted by Crippen LogP contribution is 2.20. The maximum atomic E-state index is 13.2. The topological polar surface area (TPSA) is 37.3 Å². The molecule has 0 fully saturated rings. The standard InChI is InChI=1S/C25H30ClN3O/c1-18(2)20(4)29(25(30)27-23-11-6-10-22(26)15-23)17-24-12-7-13-28(24)16-21-9-5-8-19(3)14-21/h5-15,18,20H,16-17H2,1-4H3,(H,27,30)/t20-/m0/s1. The van der Waals surface area contributed by atoms with Gasteiger partial charge < -0.3 is 14.8 Å². The lowest BCUT2D eigenvalue weighted by Gasteiger charge is -2.32. The minimum atomic E-state index is -0.123. The molecule has 3 aromatic rings. The molecule has 0 radical (unpaired) electrons. The van der Waals surface area contributed by atoms with Gasteiger partial charge in [0.2, 0.25) is 0 Å². The fourth-order valence-corrected chi connectivity index (χ4v) is 3.64. The Balaban J connectivity index is 1.80. The van der Waals surface area contributed by atoms with Gasteiger partial charge in [-0.1, -0.05) is 61.3 Å². The van der Waals surface area contributed by atoms with Gasteiger partial charge >= 0.3 is 6.03 Å². The van der Waals surface area contributed by atoms with Crippen molar-refractivity contribution < 1.29 is 4.79 Å². The number of carbonyl (C=O) groups excluding carboxylic acids is 1. The summed E-state index contributed by atoms with van der Waals surface area (Å²) in [5.74, 6) is 0.329. The molecular formula is C25H30ClN3O. The number of hydrogen-bond acceptors (Lipinski definition) is 1. The summed E-state index contributed by atoms with van der Waals surface area (Å²) in [5, 5.41) is 3.60. The lowest BCUT2D eigenvalue weighted by atomic mass is 10.0. The fourth-order valence-electron chi connectivity index (χ4n) is 3.45. The first-order valence-electron chi connectivity index (χ1n) is 10.4. The smallest absolute Gasteiger partial charge is 0.322 e. The molecular weight excluding hydrogens is 394 g/mol. The van der Waals surface area contributed by atoms with E-state index in [9.17, 15) is 4.79 Å². The van der Waals surface area contributed by atoms with Crippen LogP contribution < -0.4 is 5.32 Å². The molecule has 0 aliphatic heterocycles. The highest BCUT2D eigenvalue weighted by Gasteiger charge is 2.24. The van der Waals surface area contributed by atoms with Crippen molar-refractivity contribution in [1.29, 1.82) is 0 Å². The number of anilines is 1. The lowest BCUT2D eigenvalue weighted by Crippen LogP contribution is -2.43. The summed E-state index contributed by atoms with van der Waals surface area (Å²) < 4.78 is 2.21. The zero-order valence-electron chi connectivity index (χ0n) is 18.1. The monoisotopic (exact) mass is 423 g/mol. The number of rotatable bonds is 7. The molecule has 3 rings (SSSR count). The van der Waals surface area contributed by atoms with Crippen molar-refractivity contribution in [3.63, 3.8) is 0 Å². The number of aryl methyl sites for hydroxylation is 1. The molecule has 1 atom stereocenters. The lowest BCUT2D eigenvalue weighted by molar-refractivity contribution is 0.168. The summed E-state index contributed by atoms with van der Waals surface area (Å²) in [6.45, 7) is 9.78. The van der Waals surface area contributed by atoms with Crippen molar-refractivity contribution in [2.45, 2.75) is 46.8 Å². The van der Waals surface area contributed by atoms with Crippen molar-refractivity contribution in [3.8, 4) is 0 Å². The second-order valence-electron chi connectivity index (χ2n) is 8.17. The molecule has 2 amide bonds. The predicted octanol–water partition coefficient (Wildman–Crippen LogP) is 6.58. The second kappa shape index (κ2) is 9.86. The predicted molar refractivity (Wildman–Crippen MR) is 125 cm³/mol. The number of amides is 2. The van der Waals surface area contributed by atoms with E-state index < -0.39 is 0 Å². The van der Waals surface area contributed by atoms with Crippen LogP contribution in [0.2, 0.25) is 5.02 Å². The summed E-state index contributed by atoms with van der Waals surface area (Å²) in [6.07, 6.45) is 2.07. The van der Waals surface area contributed by atoms with Crippen LogP contribution in [0.1, 0.15) is 37.6 Å². The van der Waals surface area contributed by atoms with Gasteiger partial charge in [0, 0.05) is 35.2 Å². The van der Waals surface area contributed by atoms with Gasteiger partial charge in [-0.3, -0.25) is 0 Å². The van der Waals surface area contributed by atoms with Gasteiger partial charge in [-0.2, -0.15) is 0 Å². The Hall–Kier alpha value is -2.72. The van der Waals surface area contributed by atoms with E-state index in [1.807, 2.05) is 23.1 Å². The van der Waals surface area contributed by atoms with E-state index in [0.29, 0.717) is 23.2 Å². The van der Waals surface area contributed by atoms with E-state index in [2.05, 4.69) is 74.1 Å². The molecule has 0 aliphatic rings. The molecule has 0 spiro atoms. The average Bonchev–Trinajstić information content (AvgIpc) is 3.12. The average molecular weight is 424 g/mol. The van der Waals surface area contributed by atoms with Crippen molar-refractivity contribution in [1.82, 2.24) is 9.47 Å². The van der Waals surface area contributed by atoms with Crippen LogP contribution in [0, 0.1) is 12.8 Å². The third-order valence-electron chi connectivity index (χ3n) is 5.48. The zero-order chi connectivity index (χ0) is 21.7. The number of aromatic nitrogens is 1. The van der Waals surface area contributed by atoms with Crippen LogP contribution in [-0.4, -0.2) is 21.5 Å². The SMILES string of the molecule is Cc1cccc(Cn2cccc2CN(C(=O)Nc2cccc(Cl)c2)[C@@H](C)C(C)C)c1. The molecule has 0 unspecified atom stereocenters. The summed E-state index contributed by atoms with van der Waals surface area (Å²) in [7, 11) is 0. The Morgan fingerprint density at radius 1 is 1.07 bits per heavy atom. The van der Waals surface area contributed by atoms with Crippen molar-refractivity contribution in [2.24, 2.45) is 5.92 Å². The van der Waals surface area contributed by atoms with Gasteiger partial charge in [0.1, 0.15) is 0 Å². The van der Waals surface area contributed by atoms with E-state index in [1.54, 1.807) is 12.1 Å². The number of nitrogens with zero attached hydrogens (tertiary/aromatic N) is 2. The van der Waals surface area contributed by atoms with Gasteiger partial charge in [0.05, 0.1) is 6.54 Å². The molecule has 4 nitrogen and oxygen atoms in total. The van der Waals surface area contributed by atoms with Crippen LogP contribution in [0.25, 0.3) is 0 Å². The van der Waals surface area contributed by atoms with E-state index in [1.165, 1.54) is 11.1 Å². The fraction of sp³-hybridized carbons (Fsp3) is 0.320. The highest BCUT2D eigenvalue weighted by molar-refractivity contribution is 6.30. The van der Waals surface area contributed by atoms with Crippen LogP contribution >= 0.6 is 11.6 Å². The van der Waals surface area contributed by atoms with Gasteiger partial charge in [0.25, 0.3) is 0 Å². The van der Waals surface area contributed by atoms with E-state index >= 15 is 0 Å². The normalized spacial score (nSPS) is 12.1. The quantitative estimate of drug-likeness (QED) is 0.458. The van der Waals surface area contributed by atoms with E-state index in [-0.39, 0.29) is 12.1 Å². The number of carbonyl (C=O) groups is 1. The molecule has 0 saturated heterocycles. The molecule has 0 bridgehead atoms. The molecule has 1 heterocycles. The Kier molecular flexibility index (Phi) is 7.22. The van der Waals surface area contributed by atoms with Crippen LogP contribution in [0.3, 0.4) is 0 Å². The van der Waals surface area contributed by atoms with Crippen molar-refractivity contribution in [3.05, 3.63) is 88.7 Å². The molecule has 0 aliphatic carbocycles. The minimum absolute atomic E-state index is 0.0755. The summed E-state index contributed by atoms with van der Waals surface area (Å²) >= 11 is 6.08. The van der Waals surface area contributed by atoms with Crippen molar-refractivity contribution >= 4 is 23.3 Å². The van der Waals surface area contributed by atoms with Crippen LogP contribution in [-0.2, 0) is 13.1 Å². The zero-order valence-corrected chi connectivity index (χ0v) is 18.9. The summed E-state index contributed by atoms with van der Waals surface area (Å²) in [5.41, 5.74) is 4.30. The molecule has 0 saturated carbocycles. The first-order chi connectivity index (χ1) is 14.3. The number of urea groups is 1. The largest absolute Gasteiger partial charge is 0.345 e. The van der Waals surface area contributed by atoms with Gasteiger partial charge in [-0.25, -0.2) is 4.79 Å². The third-order valence-corrected chi connectivity index (χ3v) is 5.72. The van der Waals surface area contributed by atoms with Gasteiger partial charge in [-0.15, -0.1) is 0 Å². The van der Waals surface area contributed by atoms with Gasteiger partial charge in [0.15, 0.2) is 0 Å². The van der Waals surface area contributed by atoms with Crippen LogP contribution in [0.4, 0.5) is 10.5 Å². The summed E-state index contributed by atoms with van der Waals surface area (Å²) in [6, 6.07) is 19.8. The minimum Gasteiger partial charge on any atom is -0.345 e. The first-order valence-corrected chi connectivity index (χ1v) is 10.7. The Bertz CT molecular complexity index is 995. The van der Waals surface area contributed by atoms with E-state index in [4.69, 9.17) is 11.6 Å². The van der Waals surface area contributed by atoms with E-state index in [0.717, 1.165) is 12.2 Å². The van der Waals surface area contributed by atoms with Crippen molar-refractivity contribution in [2.75, 3.05) is 5.32 Å². The third kappa shape index (κ3) is 5.67. The maximum absolute atomic E-state index is 13.2. The van der Waals surface area contributed by atoms with Crippen LogP contribution in [0.15, 0.2) is 66.9 Å². The number of hydrogen-bond donors (Lipinski definition) is 1. The second-order valence-corrected chi connectivity index (χ2v) is 8.61. The first kappa shape index (κ1) is 22.0. The Morgan fingerprint density at radius 3 is 2.53 bits per heavy atom. The van der Waals surface area contributed by atoms with Gasteiger partial charge in [-0.05, 0) is 55.7 Å². The number of halogens is 1. The molecule has 1 N–H and O–H groups in total. The molecule has 30 heavy (non-hydrogen) atoms. The number of benzene rings is 2.